The molecule has 6 rings (SSSR count). The molecule has 0 radical (unpaired) electrons. The summed E-state index contributed by atoms with van der Waals surface area (Å²) in [5.41, 5.74) is 1.18. The molecule has 3 aromatic rings. The minimum Gasteiger partial charge on any atom is -0.454 e. The number of nitrogens with zero attached hydrogens (tertiary/aromatic N) is 5. The lowest BCUT2D eigenvalue weighted by Gasteiger charge is -2.32. The van der Waals surface area contributed by atoms with Crippen LogP contribution in [0, 0.1) is 0 Å². The zero-order valence-electron chi connectivity index (χ0n) is 16.2. The number of nitrogens with one attached hydrogen (secondary N) is 1. The molecule has 0 bridgehead atoms. The number of aromatic nitrogens is 5. The van der Waals surface area contributed by atoms with E-state index in [0.29, 0.717) is 41.7 Å². The molecule has 10 heteroatoms. The number of hydrogen-bond donors (Lipinski definition) is 1. The summed E-state index contributed by atoms with van der Waals surface area (Å²) in [5.74, 6) is 2.31. The van der Waals surface area contributed by atoms with Gasteiger partial charge >= 0.3 is 0 Å². The maximum absolute atomic E-state index is 12.9. The fraction of sp³-hybridized carbons (Fsp3) is 0.450. The van der Waals surface area contributed by atoms with Crippen LogP contribution in [-0.4, -0.2) is 55.7 Å². The van der Waals surface area contributed by atoms with Crippen LogP contribution in [0.2, 0.25) is 0 Å². The number of hydrogen-bond acceptors (Lipinski definition) is 7. The summed E-state index contributed by atoms with van der Waals surface area (Å²) >= 11 is 0. The second-order valence-electron chi connectivity index (χ2n) is 8.02. The van der Waals surface area contributed by atoms with E-state index >= 15 is 0 Å². The lowest BCUT2D eigenvalue weighted by Crippen LogP contribution is -2.39. The number of carbonyl (C=O) groups is 1. The van der Waals surface area contributed by atoms with E-state index in [1.165, 1.54) is 0 Å². The first kappa shape index (κ1) is 17.4. The number of fused-ring (bicyclic) bond motifs is 2. The highest BCUT2D eigenvalue weighted by Gasteiger charge is 2.30. The van der Waals surface area contributed by atoms with Gasteiger partial charge in [0.15, 0.2) is 22.7 Å². The zero-order valence-corrected chi connectivity index (χ0v) is 16.2. The van der Waals surface area contributed by atoms with Crippen LogP contribution in [0.5, 0.6) is 11.5 Å². The van der Waals surface area contributed by atoms with E-state index in [0.717, 1.165) is 31.5 Å². The van der Waals surface area contributed by atoms with Crippen LogP contribution in [0.3, 0.4) is 0 Å². The van der Waals surface area contributed by atoms with E-state index < -0.39 is 0 Å². The van der Waals surface area contributed by atoms with Crippen molar-refractivity contribution in [2.45, 2.75) is 37.6 Å². The molecule has 4 heterocycles. The first-order valence-electron chi connectivity index (χ1n) is 10.2. The molecule has 1 aromatic carbocycles. The third-order valence-electron chi connectivity index (χ3n) is 6.03. The van der Waals surface area contributed by atoms with E-state index in [-0.39, 0.29) is 29.8 Å². The van der Waals surface area contributed by atoms with Crippen molar-refractivity contribution in [3.05, 3.63) is 39.9 Å². The molecule has 1 N–H and O–H groups in total. The van der Waals surface area contributed by atoms with Crippen molar-refractivity contribution in [1.82, 2.24) is 29.9 Å². The van der Waals surface area contributed by atoms with Crippen molar-refractivity contribution in [2.24, 2.45) is 0 Å². The normalized spacial score (nSPS) is 18.9. The predicted octanol–water partition coefficient (Wildman–Crippen LogP) is 1.60. The Morgan fingerprint density at radius 1 is 1.10 bits per heavy atom. The number of piperidine rings is 1. The molecular weight excluding hydrogens is 388 g/mol. The minimum atomic E-state index is -0.233. The van der Waals surface area contributed by atoms with Crippen molar-refractivity contribution < 1.29 is 14.3 Å². The van der Waals surface area contributed by atoms with Crippen molar-refractivity contribution >= 4 is 17.1 Å². The van der Waals surface area contributed by atoms with Crippen LogP contribution in [-0.2, 0) is 0 Å². The summed E-state index contributed by atoms with van der Waals surface area (Å²) in [6.07, 6.45) is 3.55. The highest BCUT2D eigenvalue weighted by molar-refractivity contribution is 5.95. The fourth-order valence-electron chi connectivity index (χ4n) is 4.18. The minimum absolute atomic E-state index is 0.0270. The van der Waals surface area contributed by atoms with Gasteiger partial charge in [0.25, 0.3) is 11.5 Å². The van der Waals surface area contributed by atoms with Crippen molar-refractivity contribution in [1.29, 1.82) is 0 Å². The first-order chi connectivity index (χ1) is 14.7. The lowest BCUT2D eigenvalue weighted by molar-refractivity contribution is 0.0690. The third kappa shape index (κ3) is 2.82. The molecule has 1 amide bonds. The monoisotopic (exact) mass is 408 g/mol. The highest BCUT2D eigenvalue weighted by Crippen LogP contribution is 2.38. The van der Waals surface area contributed by atoms with Crippen molar-refractivity contribution in [3.63, 3.8) is 0 Å². The van der Waals surface area contributed by atoms with E-state index in [9.17, 15) is 9.59 Å². The fourth-order valence-corrected chi connectivity index (χ4v) is 4.18. The largest absolute Gasteiger partial charge is 0.454 e. The Labute approximate surface area is 170 Å². The predicted molar refractivity (Wildman–Crippen MR) is 105 cm³/mol. The van der Waals surface area contributed by atoms with Crippen molar-refractivity contribution in [2.75, 3.05) is 19.9 Å². The Morgan fingerprint density at radius 3 is 2.70 bits per heavy atom. The van der Waals surface area contributed by atoms with E-state index in [2.05, 4.69) is 20.3 Å². The summed E-state index contributed by atoms with van der Waals surface area (Å²) in [7, 11) is 0. The highest BCUT2D eigenvalue weighted by atomic mass is 16.7. The molecule has 10 nitrogen and oxygen atoms in total. The van der Waals surface area contributed by atoms with Crippen LogP contribution in [0.1, 0.15) is 53.8 Å². The zero-order chi connectivity index (χ0) is 20.2. The van der Waals surface area contributed by atoms with Crippen LogP contribution in [0.15, 0.2) is 23.0 Å². The molecule has 0 unspecified atom stereocenters. The van der Waals surface area contributed by atoms with Crippen LogP contribution in [0.4, 0.5) is 0 Å². The molecular formula is C20H20N6O4. The molecule has 1 aliphatic carbocycles. The van der Waals surface area contributed by atoms with E-state index in [1.807, 2.05) is 4.90 Å². The van der Waals surface area contributed by atoms with Gasteiger partial charge in [0.1, 0.15) is 5.82 Å². The van der Waals surface area contributed by atoms with Gasteiger partial charge in [0, 0.05) is 24.6 Å². The maximum atomic E-state index is 12.9. The summed E-state index contributed by atoms with van der Waals surface area (Å²) in [5, 5.41) is 8.27. The molecule has 2 aromatic heterocycles. The van der Waals surface area contributed by atoms with Gasteiger partial charge in [0.05, 0.1) is 6.04 Å². The molecule has 3 aliphatic rings. The quantitative estimate of drug-likeness (QED) is 0.700. The number of rotatable bonds is 3. The summed E-state index contributed by atoms with van der Waals surface area (Å²) in [6.45, 7) is 1.37. The van der Waals surface area contributed by atoms with Gasteiger partial charge < -0.3 is 19.4 Å². The maximum Gasteiger partial charge on any atom is 0.281 e. The number of aromatic amines is 1. The van der Waals surface area contributed by atoms with Crippen LogP contribution >= 0.6 is 0 Å². The number of benzene rings is 1. The van der Waals surface area contributed by atoms with Crippen LogP contribution < -0.4 is 15.0 Å². The number of ether oxygens (including phenoxy) is 2. The van der Waals surface area contributed by atoms with Gasteiger partial charge in [-0.25, -0.2) is 9.67 Å². The second-order valence-corrected chi connectivity index (χ2v) is 8.02. The van der Waals surface area contributed by atoms with Gasteiger partial charge in [-0.2, -0.15) is 0 Å². The van der Waals surface area contributed by atoms with Gasteiger partial charge in [-0.3, -0.25) is 9.59 Å². The Kier molecular flexibility index (Phi) is 3.80. The van der Waals surface area contributed by atoms with Gasteiger partial charge in [-0.05, 0) is 43.9 Å². The van der Waals surface area contributed by atoms with Gasteiger partial charge in [0.2, 0.25) is 6.79 Å². The molecule has 0 spiro atoms. The van der Waals surface area contributed by atoms with Gasteiger partial charge in [-0.1, -0.05) is 5.21 Å². The van der Waals surface area contributed by atoms with E-state index in [1.54, 1.807) is 22.9 Å². The summed E-state index contributed by atoms with van der Waals surface area (Å²) < 4.78 is 12.5. The summed E-state index contributed by atoms with van der Waals surface area (Å²) in [6, 6.07) is 5.32. The average molecular weight is 408 g/mol. The van der Waals surface area contributed by atoms with Gasteiger partial charge in [-0.15, -0.1) is 5.10 Å². The number of carbonyl (C=O) groups excluding carboxylic acids is 1. The van der Waals surface area contributed by atoms with Crippen LogP contribution in [0.25, 0.3) is 11.2 Å². The topological polar surface area (TPSA) is 115 Å². The molecule has 154 valence electrons. The molecule has 30 heavy (non-hydrogen) atoms. The Morgan fingerprint density at radius 2 is 1.90 bits per heavy atom. The second kappa shape index (κ2) is 6.54. The Balaban J connectivity index is 1.20. The molecule has 1 saturated heterocycles. The van der Waals surface area contributed by atoms with Crippen molar-refractivity contribution in [3.8, 4) is 11.5 Å². The smallest absolute Gasteiger partial charge is 0.281 e. The molecule has 2 aliphatic heterocycles. The Bertz CT molecular complexity index is 1210. The lowest BCUT2D eigenvalue weighted by atomic mass is 10.0. The Hall–Kier alpha value is -3.43. The number of amides is 1. The third-order valence-corrected chi connectivity index (χ3v) is 6.03. The van der Waals surface area contributed by atoms with E-state index in [4.69, 9.17) is 9.47 Å². The first-order valence-corrected chi connectivity index (χ1v) is 10.2. The SMILES string of the molecule is O=C(c1ccc2c(c1)OCO2)N1CCC(n2nnc3c(=O)[nH]c(C4CC4)nc32)CC1. The molecule has 0 atom stereocenters. The number of H-pyrrole nitrogens is 1. The standard InChI is InChI=1S/C20H20N6O4/c27-19-16-18(21-17(22-19)11-1-2-11)26(24-23-16)13-5-7-25(8-6-13)20(28)12-3-4-14-15(9-12)30-10-29-14/h3-4,9,11,13H,1-2,5-8,10H2,(H,21,22,27). The summed E-state index contributed by atoms with van der Waals surface area (Å²) in [4.78, 5) is 34.5. The average Bonchev–Trinajstić information content (AvgIpc) is 3.36. The molecule has 2 fully saturated rings. The molecule has 1 saturated carbocycles. The number of likely N-dealkylation sites (tertiary alicyclic amines) is 1.